The molecule has 0 aliphatic rings. The maximum atomic E-state index is 5.47. The van der Waals surface area contributed by atoms with Crippen LogP contribution in [0.2, 0.25) is 0 Å². The van der Waals surface area contributed by atoms with Gasteiger partial charge in [0.15, 0.2) is 5.96 Å². The number of nitrogens with zero attached hydrogens (tertiary/aromatic N) is 4. The van der Waals surface area contributed by atoms with Gasteiger partial charge in [-0.05, 0) is 6.92 Å². The number of aliphatic imine (C=N–C) groups is 1. The Hall–Kier alpha value is -2.24. The topological polar surface area (TPSA) is 94.8 Å². The van der Waals surface area contributed by atoms with Gasteiger partial charge in [0.25, 0.3) is 0 Å². The molecule has 0 saturated heterocycles. The number of benzene rings is 1. The predicted molar refractivity (Wildman–Crippen MR) is 114 cm³/mol. The third-order valence-corrected chi connectivity index (χ3v) is 3.78. The summed E-state index contributed by atoms with van der Waals surface area (Å²) >= 11 is 0. The van der Waals surface area contributed by atoms with Crippen LogP contribution in [0.5, 0.6) is 17.2 Å². The second-order valence-corrected chi connectivity index (χ2v) is 5.36. The molecule has 0 atom stereocenters. The summed E-state index contributed by atoms with van der Waals surface area (Å²) in [6.45, 7) is 3.64. The lowest BCUT2D eigenvalue weighted by Gasteiger charge is -2.15. The number of methoxy groups -OCH3 is 3. The van der Waals surface area contributed by atoms with E-state index in [0.29, 0.717) is 36.3 Å². The minimum Gasteiger partial charge on any atom is -0.496 e. The Labute approximate surface area is 176 Å². The SMILES string of the molecule is CCNC(=NCc1c(OC)cc(OC)cc1OC)NCc1ncnn1C.I. The molecule has 0 amide bonds. The van der Waals surface area contributed by atoms with Crippen LogP contribution >= 0.6 is 24.0 Å². The van der Waals surface area contributed by atoms with Crippen LogP contribution in [0.4, 0.5) is 0 Å². The van der Waals surface area contributed by atoms with E-state index in [1.165, 1.54) is 6.33 Å². The molecule has 0 unspecified atom stereocenters. The van der Waals surface area contributed by atoms with Crippen molar-refractivity contribution in [1.29, 1.82) is 0 Å². The van der Waals surface area contributed by atoms with Gasteiger partial charge in [0, 0.05) is 25.7 Å². The van der Waals surface area contributed by atoms with Gasteiger partial charge in [-0.25, -0.2) is 9.98 Å². The molecule has 150 valence electrons. The molecule has 9 nitrogen and oxygen atoms in total. The minimum atomic E-state index is 0. The first-order chi connectivity index (χ1) is 12.6. The number of aromatic nitrogens is 3. The lowest BCUT2D eigenvalue weighted by Crippen LogP contribution is -2.37. The Morgan fingerprint density at radius 1 is 1.11 bits per heavy atom. The molecule has 2 aromatic rings. The second kappa shape index (κ2) is 11.5. The molecule has 0 aliphatic carbocycles. The fourth-order valence-electron chi connectivity index (χ4n) is 2.38. The highest BCUT2D eigenvalue weighted by Gasteiger charge is 2.13. The number of ether oxygens (including phenoxy) is 3. The number of guanidine groups is 1. The molecule has 1 heterocycles. The Balaban J connectivity index is 0.00000364. The molecule has 0 aliphatic heterocycles. The highest BCUT2D eigenvalue weighted by molar-refractivity contribution is 14.0. The number of rotatable bonds is 8. The lowest BCUT2D eigenvalue weighted by molar-refractivity contribution is 0.369. The number of nitrogens with one attached hydrogen (secondary N) is 2. The highest BCUT2D eigenvalue weighted by Crippen LogP contribution is 2.34. The summed E-state index contributed by atoms with van der Waals surface area (Å²) < 4.78 is 17.9. The third-order valence-electron chi connectivity index (χ3n) is 3.78. The van der Waals surface area contributed by atoms with Gasteiger partial charge < -0.3 is 24.8 Å². The van der Waals surface area contributed by atoms with E-state index in [9.17, 15) is 0 Å². The quantitative estimate of drug-likeness (QED) is 0.331. The van der Waals surface area contributed by atoms with E-state index in [2.05, 4.69) is 25.7 Å². The summed E-state index contributed by atoms with van der Waals surface area (Å²) in [6.07, 6.45) is 1.52. The fourth-order valence-corrected chi connectivity index (χ4v) is 2.38. The number of hydrogen-bond acceptors (Lipinski definition) is 6. The molecule has 0 spiro atoms. The lowest BCUT2D eigenvalue weighted by atomic mass is 10.1. The van der Waals surface area contributed by atoms with Crippen molar-refractivity contribution in [3.63, 3.8) is 0 Å². The van der Waals surface area contributed by atoms with Crippen LogP contribution in [0.3, 0.4) is 0 Å². The van der Waals surface area contributed by atoms with Crippen molar-refractivity contribution in [2.24, 2.45) is 12.0 Å². The maximum absolute atomic E-state index is 5.47. The zero-order valence-corrected chi connectivity index (χ0v) is 18.6. The monoisotopic (exact) mass is 490 g/mol. The van der Waals surface area contributed by atoms with Gasteiger partial charge in [0.2, 0.25) is 0 Å². The molecule has 0 saturated carbocycles. The highest BCUT2D eigenvalue weighted by atomic mass is 127. The average molecular weight is 490 g/mol. The first-order valence-corrected chi connectivity index (χ1v) is 8.26. The predicted octanol–water partition coefficient (Wildman–Crippen LogP) is 1.71. The summed E-state index contributed by atoms with van der Waals surface area (Å²) in [5, 5.41) is 10.5. The van der Waals surface area contributed by atoms with Crippen molar-refractivity contribution in [2.45, 2.75) is 20.0 Å². The van der Waals surface area contributed by atoms with E-state index in [1.54, 1.807) is 26.0 Å². The average Bonchev–Trinajstić information content (AvgIpc) is 3.08. The van der Waals surface area contributed by atoms with E-state index in [-0.39, 0.29) is 24.0 Å². The van der Waals surface area contributed by atoms with E-state index in [0.717, 1.165) is 17.9 Å². The van der Waals surface area contributed by atoms with Gasteiger partial charge in [-0.2, -0.15) is 5.10 Å². The van der Waals surface area contributed by atoms with Crippen LogP contribution in [-0.4, -0.2) is 48.6 Å². The number of halogens is 1. The maximum Gasteiger partial charge on any atom is 0.191 e. The van der Waals surface area contributed by atoms with Crippen LogP contribution < -0.4 is 24.8 Å². The van der Waals surface area contributed by atoms with Gasteiger partial charge in [-0.1, -0.05) is 0 Å². The van der Waals surface area contributed by atoms with Gasteiger partial charge >= 0.3 is 0 Å². The zero-order chi connectivity index (χ0) is 18.9. The van der Waals surface area contributed by atoms with Crippen molar-refractivity contribution >= 4 is 29.9 Å². The summed E-state index contributed by atoms with van der Waals surface area (Å²) in [4.78, 5) is 8.81. The Bertz CT molecular complexity index is 725. The summed E-state index contributed by atoms with van der Waals surface area (Å²) in [5.41, 5.74) is 0.840. The van der Waals surface area contributed by atoms with E-state index in [1.807, 2.05) is 26.1 Å². The van der Waals surface area contributed by atoms with Gasteiger partial charge in [0.05, 0.1) is 40.0 Å². The van der Waals surface area contributed by atoms with Crippen LogP contribution in [0.25, 0.3) is 0 Å². The molecule has 1 aromatic heterocycles. The Kier molecular flexibility index (Phi) is 9.68. The van der Waals surface area contributed by atoms with Gasteiger partial charge in [-0.3, -0.25) is 4.68 Å². The van der Waals surface area contributed by atoms with Crippen LogP contribution in [-0.2, 0) is 20.1 Å². The smallest absolute Gasteiger partial charge is 0.191 e. The molecule has 2 rings (SSSR count). The van der Waals surface area contributed by atoms with Crippen molar-refractivity contribution in [3.8, 4) is 17.2 Å². The van der Waals surface area contributed by atoms with E-state index < -0.39 is 0 Å². The normalized spacial score (nSPS) is 10.8. The first-order valence-electron chi connectivity index (χ1n) is 8.26. The van der Waals surface area contributed by atoms with Gasteiger partial charge in [0.1, 0.15) is 29.4 Å². The number of aryl methyl sites for hydroxylation is 1. The standard InChI is InChI=1S/C17H26N6O3.HI/c1-6-18-17(20-10-16-21-11-22-23(16)2)19-9-13-14(25-4)7-12(24-3)8-15(13)26-5;/h7-8,11H,6,9-10H2,1-5H3,(H2,18,19,20);1H. The van der Waals surface area contributed by atoms with Gasteiger partial charge in [-0.15, -0.1) is 24.0 Å². The Morgan fingerprint density at radius 3 is 2.26 bits per heavy atom. The van der Waals surface area contributed by atoms with E-state index in [4.69, 9.17) is 14.2 Å². The summed E-state index contributed by atoms with van der Waals surface area (Å²) in [7, 11) is 6.67. The molecular formula is C17H27IN6O3. The second-order valence-electron chi connectivity index (χ2n) is 5.36. The molecule has 0 fully saturated rings. The van der Waals surface area contributed by atoms with Crippen molar-refractivity contribution in [2.75, 3.05) is 27.9 Å². The molecule has 27 heavy (non-hydrogen) atoms. The summed E-state index contributed by atoms with van der Waals surface area (Å²) in [6, 6.07) is 3.63. The Morgan fingerprint density at radius 2 is 1.78 bits per heavy atom. The van der Waals surface area contributed by atoms with E-state index >= 15 is 0 Å². The van der Waals surface area contributed by atoms with Crippen molar-refractivity contribution in [1.82, 2.24) is 25.4 Å². The van der Waals surface area contributed by atoms with Crippen LogP contribution in [0, 0.1) is 0 Å². The molecule has 10 heteroatoms. The van der Waals surface area contributed by atoms with Crippen molar-refractivity contribution in [3.05, 3.63) is 29.8 Å². The summed E-state index contributed by atoms with van der Waals surface area (Å²) in [5.74, 6) is 3.47. The minimum absolute atomic E-state index is 0. The molecular weight excluding hydrogens is 463 g/mol. The first kappa shape index (κ1) is 22.8. The van der Waals surface area contributed by atoms with Crippen LogP contribution in [0.1, 0.15) is 18.3 Å². The fraction of sp³-hybridized carbons (Fsp3) is 0.471. The third kappa shape index (κ3) is 6.15. The molecule has 1 aromatic carbocycles. The molecule has 0 radical (unpaired) electrons. The van der Waals surface area contributed by atoms with Crippen molar-refractivity contribution < 1.29 is 14.2 Å². The largest absolute Gasteiger partial charge is 0.496 e. The number of hydrogen-bond donors (Lipinski definition) is 2. The van der Waals surface area contributed by atoms with Crippen LogP contribution in [0.15, 0.2) is 23.5 Å². The molecule has 2 N–H and O–H groups in total. The molecule has 0 bridgehead atoms. The zero-order valence-electron chi connectivity index (χ0n) is 16.3.